The quantitative estimate of drug-likeness (QED) is 0.887. The molecule has 0 aliphatic carbocycles. The van der Waals surface area contributed by atoms with E-state index < -0.39 is 0 Å². The zero-order valence-electron chi connectivity index (χ0n) is 12.2. The summed E-state index contributed by atoms with van der Waals surface area (Å²) in [7, 11) is 0. The minimum atomic E-state index is 0.0770. The Balaban J connectivity index is 2.10. The minimum Gasteiger partial charge on any atom is -0.371 e. The molecular weight excluding hydrogens is 300 g/mol. The lowest BCUT2D eigenvalue weighted by Gasteiger charge is -2.40. The summed E-state index contributed by atoms with van der Waals surface area (Å²) in [6, 6.07) is 6.65. The van der Waals surface area contributed by atoms with Gasteiger partial charge in [-0.25, -0.2) is 0 Å². The van der Waals surface area contributed by atoms with Gasteiger partial charge in [-0.05, 0) is 42.9 Å². The van der Waals surface area contributed by atoms with E-state index in [0.717, 1.165) is 17.6 Å². The van der Waals surface area contributed by atoms with Gasteiger partial charge in [0.2, 0.25) is 0 Å². The zero-order valence-corrected chi connectivity index (χ0v) is 13.8. The number of anilines is 1. The van der Waals surface area contributed by atoms with Gasteiger partial charge in [0.15, 0.2) is 0 Å². The van der Waals surface area contributed by atoms with Crippen molar-refractivity contribution in [1.82, 2.24) is 0 Å². The van der Waals surface area contributed by atoms with E-state index >= 15 is 0 Å². The summed E-state index contributed by atoms with van der Waals surface area (Å²) in [6.45, 7) is 9.07. The van der Waals surface area contributed by atoms with Crippen molar-refractivity contribution in [1.29, 1.82) is 0 Å². The maximum Gasteiger partial charge on any atom is 0.0377 e. The molecule has 1 aromatic rings. The summed E-state index contributed by atoms with van der Waals surface area (Å²) in [5.41, 5.74) is 8.99. The van der Waals surface area contributed by atoms with Crippen molar-refractivity contribution in [2.75, 3.05) is 18.0 Å². The minimum absolute atomic E-state index is 0.0770. The van der Waals surface area contributed by atoms with Crippen LogP contribution in [0.3, 0.4) is 0 Å². The number of benzene rings is 1. The van der Waals surface area contributed by atoms with Gasteiger partial charge in [0.1, 0.15) is 0 Å². The molecule has 19 heavy (non-hydrogen) atoms. The van der Waals surface area contributed by atoms with E-state index in [1.54, 1.807) is 0 Å². The smallest absolute Gasteiger partial charge is 0.0377 e. The molecule has 1 atom stereocenters. The lowest BCUT2D eigenvalue weighted by molar-refractivity contribution is 0.238. The second kappa shape index (κ2) is 5.84. The van der Waals surface area contributed by atoms with Crippen molar-refractivity contribution >= 4 is 21.6 Å². The van der Waals surface area contributed by atoms with Crippen molar-refractivity contribution in [3.63, 3.8) is 0 Å². The summed E-state index contributed by atoms with van der Waals surface area (Å²) in [5, 5.41) is 0. The van der Waals surface area contributed by atoms with Crippen LogP contribution in [0.4, 0.5) is 5.69 Å². The van der Waals surface area contributed by atoms with E-state index in [4.69, 9.17) is 5.73 Å². The molecular formula is C16H25BrN2. The molecule has 1 aliphatic heterocycles. The predicted molar refractivity (Wildman–Crippen MR) is 86.6 cm³/mol. The van der Waals surface area contributed by atoms with Crippen LogP contribution in [0.2, 0.25) is 0 Å². The highest BCUT2D eigenvalue weighted by molar-refractivity contribution is 9.10. The van der Waals surface area contributed by atoms with Crippen LogP contribution >= 0.6 is 15.9 Å². The lowest BCUT2D eigenvalue weighted by atomic mass is 9.78. The van der Waals surface area contributed by atoms with Gasteiger partial charge in [-0.2, -0.15) is 0 Å². The van der Waals surface area contributed by atoms with Crippen LogP contribution in [0.5, 0.6) is 0 Å². The summed E-state index contributed by atoms with van der Waals surface area (Å²) < 4.78 is 1.13. The standard InChI is InChI=1S/C16H25BrN2/c1-4-16(3)7-9-19(10-8-16)13-5-6-14(12(2)18)15(17)11-13/h5-6,11-12H,4,7-10,18H2,1-3H3/t12-/m0/s1. The number of nitrogens with two attached hydrogens (primary N) is 1. The largest absolute Gasteiger partial charge is 0.371 e. The molecule has 0 bridgehead atoms. The molecule has 0 aromatic heterocycles. The van der Waals surface area contributed by atoms with Gasteiger partial charge in [0, 0.05) is 29.3 Å². The predicted octanol–water partition coefficient (Wildman–Crippen LogP) is 4.49. The number of hydrogen-bond acceptors (Lipinski definition) is 2. The highest BCUT2D eigenvalue weighted by atomic mass is 79.9. The normalized spacial score (nSPS) is 20.4. The van der Waals surface area contributed by atoms with Gasteiger partial charge in [-0.15, -0.1) is 0 Å². The fraction of sp³-hybridized carbons (Fsp3) is 0.625. The summed E-state index contributed by atoms with van der Waals surface area (Å²) in [5.74, 6) is 0. The molecule has 0 spiro atoms. The first kappa shape index (κ1) is 14.9. The van der Waals surface area contributed by atoms with Gasteiger partial charge in [-0.1, -0.05) is 42.3 Å². The Bertz CT molecular complexity index is 434. The van der Waals surface area contributed by atoms with Crippen LogP contribution in [0.15, 0.2) is 22.7 Å². The lowest BCUT2D eigenvalue weighted by Crippen LogP contribution is -2.38. The zero-order chi connectivity index (χ0) is 14.0. The average molecular weight is 325 g/mol. The summed E-state index contributed by atoms with van der Waals surface area (Å²) in [6.07, 6.45) is 3.86. The van der Waals surface area contributed by atoms with Crippen LogP contribution in [0, 0.1) is 5.41 Å². The van der Waals surface area contributed by atoms with E-state index in [0.29, 0.717) is 5.41 Å². The maximum absolute atomic E-state index is 5.95. The van der Waals surface area contributed by atoms with Crippen molar-refractivity contribution in [2.24, 2.45) is 11.1 Å². The monoisotopic (exact) mass is 324 g/mol. The van der Waals surface area contributed by atoms with E-state index in [1.165, 1.54) is 30.5 Å². The maximum atomic E-state index is 5.95. The van der Waals surface area contributed by atoms with Crippen molar-refractivity contribution < 1.29 is 0 Å². The fourth-order valence-electron chi connectivity index (χ4n) is 2.74. The van der Waals surface area contributed by atoms with E-state index in [-0.39, 0.29) is 6.04 Å². The molecule has 0 radical (unpaired) electrons. The van der Waals surface area contributed by atoms with Crippen LogP contribution in [0.25, 0.3) is 0 Å². The molecule has 2 rings (SSSR count). The highest BCUT2D eigenvalue weighted by Gasteiger charge is 2.28. The highest BCUT2D eigenvalue weighted by Crippen LogP contribution is 2.36. The average Bonchev–Trinajstić information content (AvgIpc) is 2.39. The number of hydrogen-bond donors (Lipinski definition) is 1. The Morgan fingerprint density at radius 3 is 2.47 bits per heavy atom. The third-order valence-corrected chi connectivity index (χ3v) is 5.35. The van der Waals surface area contributed by atoms with E-state index in [1.807, 2.05) is 6.92 Å². The number of nitrogens with zero attached hydrogens (tertiary/aromatic N) is 1. The molecule has 1 aromatic carbocycles. The molecule has 2 N–H and O–H groups in total. The first-order valence-electron chi connectivity index (χ1n) is 7.25. The van der Waals surface area contributed by atoms with E-state index in [2.05, 4.69) is 52.9 Å². The Labute approximate surface area is 125 Å². The molecule has 1 fully saturated rings. The molecule has 0 amide bonds. The van der Waals surface area contributed by atoms with Gasteiger partial charge < -0.3 is 10.6 Å². The molecule has 2 nitrogen and oxygen atoms in total. The fourth-order valence-corrected chi connectivity index (χ4v) is 3.47. The van der Waals surface area contributed by atoms with Crippen molar-refractivity contribution in [3.8, 4) is 0 Å². The second-order valence-electron chi connectivity index (χ2n) is 6.15. The Morgan fingerprint density at radius 1 is 1.37 bits per heavy atom. The molecule has 1 aliphatic rings. The van der Waals surface area contributed by atoms with Crippen molar-refractivity contribution in [3.05, 3.63) is 28.2 Å². The van der Waals surface area contributed by atoms with Gasteiger partial charge in [-0.3, -0.25) is 0 Å². The first-order chi connectivity index (χ1) is 8.95. The van der Waals surface area contributed by atoms with E-state index in [9.17, 15) is 0 Å². The molecule has 0 saturated carbocycles. The third kappa shape index (κ3) is 3.32. The van der Waals surface area contributed by atoms with Crippen LogP contribution in [-0.2, 0) is 0 Å². The van der Waals surface area contributed by atoms with Crippen LogP contribution in [-0.4, -0.2) is 13.1 Å². The van der Waals surface area contributed by atoms with Crippen molar-refractivity contribution in [2.45, 2.75) is 46.1 Å². The summed E-state index contributed by atoms with van der Waals surface area (Å²) >= 11 is 3.64. The number of halogens is 1. The molecule has 3 heteroatoms. The number of piperidine rings is 1. The van der Waals surface area contributed by atoms with Gasteiger partial charge >= 0.3 is 0 Å². The second-order valence-corrected chi connectivity index (χ2v) is 7.00. The third-order valence-electron chi connectivity index (χ3n) is 4.66. The first-order valence-corrected chi connectivity index (χ1v) is 8.04. The van der Waals surface area contributed by atoms with Gasteiger partial charge in [0.25, 0.3) is 0 Å². The number of rotatable bonds is 3. The Morgan fingerprint density at radius 2 is 2.00 bits per heavy atom. The van der Waals surface area contributed by atoms with Crippen LogP contribution < -0.4 is 10.6 Å². The Hall–Kier alpha value is -0.540. The molecule has 1 heterocycles. The van der Waals surface area contributed by atoms with Gasteiger partial charge in [0.05, 0.1) is 0 Å². The topological polar surface area (TPSA) is 29.3 Å². The summed E-state index contributed by atoms with van der Waals surface area (Å²) in [4.78, 5) is 2.49. The Kier molecular flexibility index (Phi) is 4.57. The molecule has 106 valence electrons. The SMILES string of the molecule is CCC1(C)CCN(c2ccc([C@H](C)N)c(Br)c2)CC1. The molecule has 1 saturated heterocycles. The van der Waals surface area contributed by atoms with Crippen LogP contribution in [0.1, 0.15) is 51.6 Å². The molecule has 0 unspecified atom stereocenters.